The normalized spacial score (nSPS) is 11.0. The van der Waals surface area contributed by atoms with Crippen LogP contribution in [0.1, 0.15) is 18.3 Å². The van der Waals surface area contributed by atoms with Crippen LogP contribution in [0.3, 0.4) is 0 Å². The van der Waals surface area contributed by atoms with Crippen molar-refractivity contribution in [3.8, 4) is 17.2 Å². The van der Waals surface area contributed by atoms with Crippen LogP contribution in [0.25, 0.3) is 5.69 Å². The summed E-state index contributed by atoms with van der Waals surface area (Å²) < 4.78 is 15.6. The third-order valence-electron chi connectivity index (χ3n) is 4.37. The van der Waals surface area contributed by atoms with Gasteiger partial charge in [0, 0.05) is 12.2 Å². The Morgan fingerprint density at radius 2 is 1.86 bits per heavy atom. The highest BCUT2D eigenvalue weighted by Gasteiger charge is 2.12. The molecule has 0 unspecified atom stereocenters. The standard InChI is InChI=1S/C21H26N4O2S/c1-5-27-19-12-11-17(13-20(19)26-4)14-23(3)15-24-21(28)25(16(2)22-24)18-9-7-6-8-10-18/h6-13H,5,14-15H2,1-4H3. The number of ether oxygens (including phenoxy) is 2. The van der Waals surface area contributed by atoms with E-state index in [-0.39, 0.29) is 0 Å². The van der Waals surface area contributed by atoms with Gasteiger partial charge in [0.2, 0.25) is 4.77 Å². The van der Waals surface area contributed by atoms with Gasteiger partial charge >= 0.3 is 0 Å². The van der Waals surface area contributed by atoms with Crippen LogP contribution in [-0.4, -0.2) is 40.0 Å². The smallest absolute Gasteiger partial charge is 0.203 e. The molecule has 148 valence electrons. The molecule has 0 saturated carbocycles. The quantitative estimate of drug-likeness (QED) is 0.532. The van der Waals surface area contributed by atoms with Crippen molar-refractivity contribution in [2.45, 2.75) is 27.1 Å². The van der Waals surface area contributed by atoms with Gasteiger partial charge in [0.1, 0.15) is 5.82 Å². The number of hydrogen-bond donors (Lipinski definition) is 0. The molecular formula is C21H26N4O2S. The zero-order chi connectivity index (χ0) is 20.1. The zero-order valence-corrected chi connectivity index (χ0v) is 17.6. The van der Waals surface area contributed by atoms with Crippen LogP contribution < -0.4 is 9.47 Å². The van der Waals surface area contributed by atoms with Gasteiger partial charge in [-0.1, -0.05) is 24.3 Å². The topological polar surface area (TPSA) is 44.5 Å². The molecule has 0 atom stereocenters. The molecule has 7 heteroatoms. The third kappa shape index (κ3) is 4.43. The molecule has 3 rings (SSSR count). The Balaban J connectivity index is 1.75. The zero-order valence-electron chi connectivity index (χ0n) is 16.8. The maximum absolute atomic E-state index is 5.66. The summed E-state index contributed by atoms with van der Waals surface area (Å²) in [6, 6.07) is 16.1. The average molecular weight is 399 g/mol. The van der Waals surface area contributed by atoms with Crippen LogP contribution in [0, 0.1) is 11.7 Å². The first-order valence-electron chi connectivity index (χ1n) is 9.23. The summed E-state index contributed by atoms with van der Waals surface area (Å²) in [7, 11) is 3.70. The van der Waals surface area contributed by atoms with E-state index in [2.05, 4.69) is 16.1 Å². The molecule has 0 radical (unpaired) electrons. The lowest BCUT2D eigenvalue weighted by molar-refractivity contribution is 0.243. The molecule has 3 aromatic rings. The van der Waals surface area contributed by atoms with Crippen LogP contribution in [0.15, 0.2) is 48.5 Å². The number of rotatable bonds is 8. The highest BCUT2D eigenvalue weighted by Crippen LogP contribution is 2.28. The van der Waals surface area contributed by atoms with Crippen molar-refractivity contribution in [2.24, 2.45) is 0 Å². The second-order valence-corrected chi connectivity index (χ2v) is 6.94. The Bertz CT molecular complexity index is 982. The molecule has 2 aromatic carbocycles. The minimum Gasteiger partial charge on any atom is -0.493 e. The first-order chi connectivity index (χ1) is 13.5. The largest absolute Gasteiger partial charge is 0.493 e. The molecule has 0 spiro atoms. The Kier molecular flexibility index (Phi) is 6.49. The minimum atomic E-state index is 0.592. The van der Waals surface area contributed by atoms with Gasteiger partial charge < -0.3 is 9.47 Å². The lowest BCUT2D eigenvalue weighted by Gasteiger charge is -2.18. The number of aryl methyl sites for hydroxylation is 1. The number of para-hydroxylation sites is 1. The van der Waals surface area contributed by atoms with E-state index in [0.717, 1.165) is 35.1 Å². The van der Waals surface area contributed by atoms with Gasteiger partial charge in [-0.05, 0) is 62.9 Å². The fraction of sp³-hybridized carbons (Fsp3) is 0.333. The molecular weight excluding hydrogens is 372 g/mol. The van der Waals surface area contributed by atoms with E-state index < -0.39 is 0 Å². The van der Waals surface area contributed by atoms with Crippen LogP contribution in [0.4, 0.5) is 0 Å². The molecule has 0 amide bonds. The first kappa shape index (κ1) is 20.1. The minimum absolute atomic E-state index is 0.592. The van der Waals surface area contributed by atoms with Crippen LogP contribution in [0.2, 0.25) is 0 Å². The molecule has 6 nitrogen and oxygen atoms in total. The molecule has 28 heavy (non-hydrogen) atoms. The predicted octanol–water partition coefficient (Wildman–Crippen LogP) is 4.21. The van der Waals surface area contributed by atoms with Crippen LogP contribution in [0.5, 0.6) is 11.5 Å². The molecule has 0 bridgehead atoms. The number of benzene rings is 2. The lowest BCUT2D eigenvalue weighted by atomic mass is 10.2. The van der Waals surface area contributed by atoms with Gasteiger partial charge in [-0.25, -0.2) is 4.68 Å². The molecule has 0 aliphatic heterocycles. The summed E-state index contributed by atoms with van der Waals surface area (Å²) in [6.45, 7) is 5.87. The molecule has 1 aromatic heterocycles. The maximum Gasteiger partial charge on any atom is 0.203 e. The Hall–Kier alpha value is -2.64. The number of methoxy groups -OCH3 is 1. The fourth-order valence-corrected chi connectivity index (χ4v) is 3.49. The molecule has 0 saturated heterocycles. The molecule has 0 N–H and O–H groups in total. The van der Waals surface area contributed by atoms with E-state index in [9.17, 15) is 0 Å². The highest BCUT2D eigenvalue weighted by molar-refractivity contribution is 7.71. The van der Waals surface area contributed by atoms with Crippen molar-refractivity contribution >= 4 is 12.2 Å². The van der Waals surface area contributed by atoms with Crippen molar-refractivity contribution < 1.29 is 9.47 Å². The van der Waals surface area contributed by atoms with Gasteiger partial charge in [-0.3, -0.25) is 9.47 Å². The van der Waals surface area contributed by atoms with Crippen molar-refractivity contribution in [1.29, 1.82) is 0 Å². The van der Waals surface area contributed by atoms with E-state index >= 15 is 0 Å². The Morgan fingerprint density at radius 3 is 2.54 bits per heavy atom. The summed E-state index contributed by atoms with van der Waals surface area (Å²) in [5, 5.41) is 4.63. The number of hydrogen-bond acceptors (Lipinski definition) is 5. The lowest BCUT2D eigenvalue weighted by Crippen LogP contribution is -2.22. The first-order valence-corrected chi connectivity index (χ1v) is 9.64. The second-order valence-electron chi connectivity index (χ2n) is 6.57. The van der Waals surface area contributed by atoms with Gasteiger partial charge in [-0.15, -0.1) is 0 Å². The second kappa shape index (κ2) is 9.03. The molecule has 0 fully saturated rings. The summed E-state index contributed by atoms with van der Waals surface area (Å²) in [5.41, 5.74) is 2.16. The van der Waals surface area contributed by atoms with Crippen LogP contribution >= 0.6 is 12.2 Å². The van der Waals surface area contributed by atoms with E-state index in [1.165, 1.54) is 0 Å². The molecule has 0 aliphatic carbocycles. The fourth-order valence-electron chi connectivity index (χ4n) is 3.16. The molecule has 1 heterocycles. The number of nitrogens with zero attached hydrogens (tertiary/aromatic N) is 4. The van der Waals surface area contributed by atoms with E-state index in [4.69, 9.17) is 21.7 Å². The number of aromatic nitrogens is 3. The summed E-state index contributed by atoms with van der Waals surface area (Å²) in [4.78, 5) is 2.16. The van der Waals surface area contributed by atoms with Crippen molar-refractivity contribution in [1.82, 2.24) is 19.2 Å². The van der Waals surface area contributed by atoms with E-state index in [0.29, 0.717) is 18.0 Å². The maximum atomic E-state index is 5.66. The summed E-state index contributed by atoms with van der Waals surface area (Å²) in [5.74, 6) is 2.37. The van der Waals surface area contributed by atoms with E-state index in [1.807, 2.05) is 72.6 Å². The monoisotopic (exact) mass is 398 g/mol. The van der Waals surface area contributed by atoms with E-state index in [1.54, 1.807) is 7.11 Å². The SMILES string of the molecule is CCOc1ccc(CN(C)Cn2nc(C)n(-c3ccccc3)c2=S)cc1OC. The third-order valence-corrected chi connectivity index (χ3v) is 4.76. The Labute approximate surface area is 170 Å². The van der Waals surface area contributed by atoms with Crippen molar-refractivity contribution in [2.75, 3.05) is 20.8 Å². The Morgan fingerprint density at radius 1 is 1.11 bits per heavy atom. The van der Waals surface area contributed by atoms with Gasteiger partial charge in [-0.2, -0.15) is 5.10 Å². The predicted molar refractivity (Wildman–Crippen MR) is 113 cm³/mol. The molecule has 0 aliphatic rings. The van der Waals surface area contributed by atoms with Crippen LogP contribution in [-0.2, 0) is 13.2 Å². The van der Waals surface area contributed by atoms with Gasteiger partial charge in [0.25, 0.3) is 0 Å². The van der Waals surface area contributed by atoms with Crippen molar-refractivity contribution in [3.05, 3.63) is 64.7 Å². The summed E-state index contributed by atoms with van der Waals surface area (Å²) >= 11 is 5.66. The van der Waals surface area contributed by atoms with Crippen molar-refractivity contribution in [3.63, 3.8) is 0 Å². The summed E-state index contributed by atoms with van der Waals surface area (Å²) in [6.07, 6.45) is 0. The van der Waals surface area contributed by atoms with Gasteiger partial charge in [0.05, 0.1) is 20.4 Å². The average Bonchev–Trinajstić information content (AvgIpc) is 2.96. The highest BCUT2D eigenvalue weighted by atomic mass is 32.1. The van der Waals surface area contributed by atoms with Gasteiger partial charge in [0.15, 0.2) is 11.5 Å².